The highest BCUT2D eigenvalue weighted by Crippen LogP contribution is 2.07. The third-order valence-electron chi connectivity index (χ3n) is 2.40. The maximum atomic E-state index is 5.47. The molecule has 2 aliphatic rings. The topological polar surface area (TPSA) is 36.9 Å². The number of rotatable bonds is 0. The van der Waals surface area contributed by atoms with Crippen LogP contribution in [0.2, 0.25) is 0 Å². The predicted octanol–water partition coefficient (Wildman–Crippen LogP) is -0.0861. The van der Waals surface area contributed by atoms with Crippen LogP contribution in [0.15, 0.2) is 4.99 Å². The van der Waals surface area contributed by atoms with Crippen LogP contribution in [0.4, 0.5) is 0 Å². The average Bonchev–Trinajstić information content (AvgIpc) is 2.56. The molecular weight excluding hydrogens is 166 g/mol. The number of hydrogen-bond donors (Lipinski definition) is 1. The fourth-order valence-electron chi connectivity index (χ4n) is 1.77. The maximum absolute atomic E-state index is 5.47. The lowest BCUT2D eigenvalue weighted by molar-refractivity contribution is 0.127. The minimum atomic E-state index is 0.604. The Balaban J connectivity index is 1.96. The summed E-state index contributed by atoms with van der Waals surface area (Å²) in [4.78, 5) is 6.71. The fraction of sp³-hybridized carbons (Fsp3) is 0.889. The quantitative estimate of drug-likeness (QED) is 0.570. The Morgan fingerprint density at radius 2 is 2.54 bits per heavy atom. The molecule has 0 spiro atoms. The van der Waals surface area contributed by atoms with Gasteiger partial charge < -0.3 is 15.0 Å². The zero-order valence-corrected chi connectivity index (χ0v) is 8.12. The van der Waals surface area contributed by atoms with Crippen molar-refractivity contribution < 1.29 is 4.74 Å². The van der Waals surface area contributed by atoms with Crippen molar-refractivity contribution in [3.8, 4) is 0 Å². The summed E-state index contributed by atoms with van der Waals surface area (Å²) in [6.45, 7) is 7.85. The Bertz CT molecular complexity index is 205. The standard InChI is InChI=1S/C9H17N3O/c1-8-6-12(4-5-13-7-8)9-10-2-3-11-9/h8H,2-7H2,1H3,(H,10,11). The number of nitrogens with one attached hydrogen (secondary N) is 1. The van der Waals surface area contributed by atoms with Gasteiger partial charge in [0.25, 0.3) is 0 Å². The van der Waals surface area contributed by atoms with Crippen LogP contribution in [-0.4, -0.2) is 50.3 Å². The van der Waals surface area contributed by atoms with Crippen LogP contribution in [0.3, 0.4) is 0 Å². The minimum absolute atomic E-state index is 0.604. The molecule has 0 amide bonds. The third-order valence-corrected chi connectivity index (χ3v) is 2.40. The van der Waals surface area contributed by atoms with Crippen molar-refractivity contribution >= 4 is 5.96 Å². The molecule has 1 unspecified atom stereocenters. The molecule has 13 heavy (non-hydrogen) atoms. The molecule has 0 aromatic rings. The van der Waals surface area contributed by atoms with E-state index in [2.05, 4.69) is 22.1 Å². The predicted molar refractivity (Wildman–Crippen MR) is 51.9 cm³/mol. The molecule has 2 aliphatic heterocycles. The van der Waals surface area contributed by atoms with Gasteiger partial charge in [-0.05, 0) is 5.92 Å². The number of ether oxygens (including phenoxy) is 1. The van der Waals surface area contributed by atoms with Gasteiger partial charge in [0.2, 0.25) is 0 Å². The lowest BCUT2D eigenvalue weighted by Gasteiger charge is -2.23. The van der Waals surface area contributed by atoms with E-state index in [4.69, 9.17) is 4.74 Å². The summed E-state index contributed by atoms with van der Waals surface area (Å²) in [5, 5.41) is 3.30. The molecule has 1 N–H and O–H groups in total. The van der Waals surface area contributed by atoms with Crippen molar-refractivity contribution in [2.45, 2.75) is 6.92 Å². The zero-order valence-electron chi connectivity index (χ0n) is 8.12. The minimum Gasteiger partial charge on any atom is -0.379 e. The van der Waals surface area contributed by atoms with E-state index in [9.17, 15) is 0 Å². The van der Waals surface area contributed by atoms with E-state index < -0.39 is 0 Å². The van der Waals surface area contributed by atoms with Crippen LogP contribution in [-0.2, 0) is 4.74 Å². The second-order valence-corrected chi connectivity index (χ2v) is 3.76. The highest BCUT2D eigenvalue weighted by atomic mass is 16.5. The molecule has 2 heterocycles. The highest BCUT2D eigenvalue weighted by molar-refractivity contribution is 5.81. The number of guanidine groups is 1. The van der Waals surface area contributed by atoms with Gasteiger partial charge in [0.1, 0.15) is 0 Å². The molecule has 0 aliphatic carbocycles. The van der Waals surface area contributed by atoms with Gasteiger partial charge in [-0.15, -0.1) is 0 Å². The summed E-state index contributed by atoms with van der Waals surface area (Å²) in [7, 11) is 0. The molecule has 0 radical (unpaired) electrons. The van der Waals surface area contributed by atoms with Gasteiger partial charge in [-0.2, -0.15) is 0 Å². The molecule has 0 aromatic carbocycles. The van der Waals surface area contributed by atoms with Crippen molar-refractivity contribution in [1.29, 1.82) is 0 Å². The molecule has 0 aromatic heterocycles. The van der Waals surface area contributed by atoms with E-state index in [1.807, 2.05) is 0 Å². The van der Waals surface area contributed by atoms with Crippen LogP contribution < -0.4 is 5.32 Å². The summed E-state index contributed by atoms with van der Waals surface area (Å²) >= 11 is 0. The molecule has 1 fully saturated rings. The Kier molecular flexibility index (Phi) is 2.68. The lowest BCUT2D eigenvalue weighted by Crippen LogP contribution is -2.41. The van der Waals surface area contributed by atoms with Crippen molar-refractivity contribution in [2.24, 2.45) is 10.9 Å². The van der Waals surface area contributed by atoms with E-state index in [1.165, 1.54) is 0 Å². The first kappa shape index (κ1) is 8.81. The fourth-order valence-corrected chi connectivity index (χ4v) is 1.77. The second-order valence-electron chi connectivity index (χ2n) is 3.76. The van der Waals surface area contributed by atoms with E-state index >= 15 is 0 Å². The molecule has 2 rings (SSSR count). The van der Waals surface area contributed by atoms with E-state index in [0.29, 0.717) is 5.92 Å². The molecule has 1 atom stereocenters. The monoisotopic (exact) mass is 183 g/mol. The summed E-state index contributed by atoms with van der Waals surface area (Å²) < 4.78 is 5.47. The first-order chi connectivity index (χ1) is 6.36. The third kappa shape index (κ3) is 2.12. The maximum Gasteiger partial charge on any atom is 0.194 e. The van der Waals surface area contributed by atoms with E-state index in [-0.39, 0.29) is 0 Å². The number of hydrogen-bond acceptors (Lipinski definition) is 4. The molecule has 4 nitrogen and oxygen atoms in total. The molecule has 74 valence electrons. The summed E-state index contributed by atoms with van der Waals surface area (Å²) in [6, 6.07) is 0. The molecule has 0 saturated carbocycles. The molecular formula is C9H17N3O. The van der Waals surface area contributed by atoms with Crippen LogP contribution in [0.5, 0.6) is 0 Å². The van der Waals surface area contributed by atoms with Crippen LogP contribution in [0.25, 0.3) is 0 Å². The van der Waals surface area contributed by atoms with Gasteiger partial charge in [-0.1, -0.05) is 6.92 Å². The van der Waals surface area contributed by atoms with Crippen LogP contribution in [0.1, 0.15) is 6.92 Å². The number of aliphatic imine (C=N–C) groups is 1. The molecule has 4 heteroatoms. The van der Waals surface area contributed by atoms with Crippen molar-refractivity contribution in [2.75, 3.05) is 39.4 Å². The summed E-state index contributed by atoms with van der Waals surface area (Å²) in [5.41, 5.74) is 0. The van der Waals surface area contributed by atoms with Crippen molar-refractivity contribution in [1.82, 2.24) is 10.2 Å². The summed E-state index contributed by atoms with van der Waals surface area (Å²) in [5.74, 6) is 1.67. The zero-order chi connectivity index (χ0) is 9.10. The largest absolute Gasteiger partial charge is 0.379 e. The first-order valence-corrected chi connectivity index (χ1v) is 4.97. The smallest absolute Gasteiger partial charge is 0.194 e. The van der Waals surface area contributed by atoms with Crippen LogP contribution in [0, 0.1) is 5.92 Å². The molecule has 0 bridgehead atoms. The normalized spacial score (nSPS) is 29.5. The lowest BCUT2D eigenvalue weighted by atomic mass is 10.2. The Hall–Kier alpha value is -0.770. The Morgan fingerprint density at radius 1 is 1.62 bits per heavy atom. The van der Waals surface area contributed by atoms with Crippen LogP contribution >= 0.6 is 0 Å². The van der Waals surface area contributed by atoms with Crippen molar-refractivity contribution in [3.63, 3.8) is 0 Å². The SMILES string of the molecule is CC1COCCN(C2=NCCN2)C1. The Morgan fingerprint density at radius 3 is 3.31 bits per heavy atom. The number of nitrogens with zero attached hydrogens (tertiary/aromatic N) is 2. The van der Waals surface area contributed by atoms with E-state index in [0.717, 1.165) is 45.4 Å². The van der Waals surface area contributed by atoms with Gasteiger partial charge in [0.15, 0.2) is 5.96 Å². The first-order valence-electron chi connectivity index (χ1n) is 4.97. The summed E-state index contributed by atoms with van der Waals surface area (Å²) in [6.07, 6.45) is 0. The van der Waals surface area contributed by atoms with Gasteiger partial charge in [-0.25, -0.2) is 0 Å². The Labute approximate surface area is 79.0 Å². The van der Waals surface area contributed by atoms with Gasteiger partial charge >= 0.3 is 0 Å². The molecule has 1 saturated heterocycles. The highest BCUT2D eigenvalue weighted by Gasteiger charge is 2.19. The van der Waals surface area contributed by atoms with Gasteiger partial charge in [0, 0.05) is 19.6 Å². The second kappa shape index (κ2) is 3.96. The van der Waals surface area contributed by atoms with Crippen molar-refractivity contribution in [3.05, 3.63) is 0 Å². The van der Waals surface area contributed by atoms with Gasteiger partial charge in [-0.3, -0.25) is 4.99 Å². The average molecular weight is 183 g/mol. The van der Waals surface area contributed by atoms with E-state index in [1.54, 1.807) is 0 Å². The van der Waals surface area contributed by atoms with Gasteiger partial charge in [0.05, 0.1) is 19.8 Å².